The number of aromatic nitrogens is 1. The molecule has 0 unspecified atom stereocenters. The van der Waals surface area contributed by atoms with Gasteiger partial charge in [0.15, 0.2) is 0 Å². The van der Waals surface area contributed by atoms with Gasteiger partial charge in [-0.3, -0.25) is 9.78 Å². The largest absolute Gasteiger partial charge is 0.374 e. The number of nitriles is 1. The van der Waals surface area contributed by atoms with Gasteiger partial charge in [-0.15, -0.1) is 0 Å². The van der Waals surface area contributed by atoms with Gasteiger partial charge in [-0.25, -0.2) is 0 Å². The molecule has 2 aromatic rings. The second-order valence-electron chi connectivity index (χ2n) is 5.12. The van der Waals surface area contributed by atoms with Crippen molar-refractivity contribution in [3.05, 3.63) is 36.0 Å². The minimum Gasteiger partial charge on any atom is -0.374 e. The zero-order chi connectivity index (χ0) is 14.7. The maximum absolute atomic E-state index is 12.1. The highest BCUT2D eigenvalue weighted by atomic mass is 16.2. The van der Waals surface area contributed by atoms with Crippen molar-refractivity contribution < 1.29 is 4.79 Å². The number of hydrogen-bond donors (Lipinski definition) is 1. The molecular formula is C16H16N4O. The van der Waals surface area contributed by atoms with Gasteiger partial charge in [0.1, 0.15) is 6.07 Å². The number of anilines is 1. The van der Waals surface area contributed by atoms with Gasteiger partial charge in [0.25, 0.3) is 0 Å². The Kier molecular flexibility index (Phi) is 3.69. The molecule has 5 heteroatoms. The van der Waals surface area contributed by atoms with Gasteiger partial charge in [0, 0.05) is 24.7 Å². The molecule has 1 aliphatic rings. The fraction of sp³-hybridized carbons (Fsp3) is 0.312. The van der Waals surface area contributed by atoms with Crippen LogP contribution in [0.2, 0.25) is 0 Å². The predicted molar refractivity (Wildman–Crippen MR) is 80.8 cm³/mol. The number of fused-ring (bicyclic) bond motifs is 1. The first-order valence-electron chi connectivity index (χ1n) is 7.09. The van der Waals surface area contributed by atoms with Crippen LogP contribution in [0.3, 0.4) is 0 Å². The van der Waals surface area contributed by atoms with Crippen LogP contribution < -0.4 is 5.32 Å². The number of pyridine rings is 1. The topological polar surface area (TPSA) is 69.0 Å². The Hall–Kier alpha value is -2.61. The van der Waals surface area contributed by atoms with E-state index < -0.39 is 0 Å². The second kappa shape index (κ2) is 5.80. The van der Waals surface area contributed by atoms with Gasteiger partial charge in [-0.1, -0.05) is 18.2 Å². The maximum Gasteiger partial charge on any atom is 0.241 e. The van der Waals surface area contributed by atoms with Crippen LogP contribution >= 0.6 is 0 Å². The van der Waals surface area contributed by atoms with Crippen molar-refractivity contribution in [1.82, 2.24) is 9.88 Å². The first-order chi connectivity index (χ1) is 10.3. The van der Waals surface area contributed by atoms with Gasteiger partial charge in [0.05, 0.1) is 23.3 Å². The highest BCUT2D eigenvalue weighted by molar-refractivity contribution is 5.95. The molecule has 1 aromatic heterocycles. The summed E-state index contributed by atoms with van der Waals surface area (Å²) in [7, 11) is 0. The summed E-state index contributed by atoms with van der Waals surface area (Å²) >= 11 is 0. The lowest BCUT2D eigenvalue weighted by Crippen LogP contribution is -2.33. The number of hydrogen-bond acceptors (Lipinski definition) is 4. The van der Waals surface area contributed by atoms with Crippen LogP contribution in [0.15, 0.2) is 30.5 Å². The summed E-state index contributed by atoms with van der Waals surface area (Å²) in [6.07, 6.45) is 3.70. The summed E-state index contributed by atoms with van der Waals surface area (Å²) in [6, 6.07) is 9.74. The third kappa shape index (κ3) is 2.65. The van der Waals surface area contributed by atoms with Gasteiger partial charge in [-0.05, 0) is 18.9 Å². The van der Waals surface area contributed by atoms with E-state index in [0.29, 0.717) is 11.3 Å². The molecule has 1 fully saturated rings. The van der Waals surface area contributed by atoms with Crippen molar-refractivity contribution in [3.63, 3.8) is 0 Å². The number of amides is 1. The van der Waals surface area contributed by atoms with E-state index in [1.165, 1.54) is 0 Å². The summed E-state index contributed by atoms with van der Waals surface area (Å²) < 4.78 is 0. The third-order valence-corrected chi connectivity index (χ3v) is 3.77. The van der Waals surface area contributed by atoms with Crippen molar-refractivity contribution in [2.24, 2.45) is 0 Å². The molecule has 106 valence electrons. The number of benzene rings is 1. The fourth-order valence-electron chi connectivity index (χ4n) is 2.66. The van der Waals surface area contributed by atoms with Crippen LogP contribution in [0.5, 0.6) is 0 Å². The van der Waals surface area contributed by atoms with E-state index in [4.69, 9.17) is 0 Å². The molecule has 1 aromatic carbocycles. The van der Waals surface area contributed by atoms with E-state index in [1.54, 1.807) is 6.20 Å². The highest BCUT2D eigenvalue weighted by Crippen LogP contribution is 2.25. The molecule has 1 amide bonds. The van der Waals surface area contributed by atoms with E-state index in [2.05, 4.69) is 16.4 Å². The molecule has 0 saturated carbocycles. The molecule has 0 bridgehead atoms. The molecule has 0 aliphatic carbocycles. The quantitative estimate of drug-likeness (QED) is 0.935. The molecule has 0 atom stereocenters. The SMILES string of the molecule is N#Cc1cnc2ccccc2c1NCC(=O)N1CCCC1. The molecule has 3 rings (SSSR count). The van der Waals surface area contributed by atoms with E-state index >= 15 is 0 Å². The van der Waals surface area contributed by atoms with Crippen LogP contribution in [0.4, 0.5) is 5.69 Å². The van der Waals surface area contributed by atoms with Gasteiger partial charge in [-0.2, -0.15) is 5.26 Å². The lowest BCUT2D eigenvalue weighted by atomic mass is 10.1. The highest BCUT2D eigenvalue weighted by Gasteiger charge is 2.18. The summed E-state index contributed by atoms with van der Waals surface area (Å²) in [4.78, 5) is 18.2. The molecule has 21 heavy (non-hydrogen) atoms. The summed E-state index contributed by atoms with van der Waals surface area (Å²) in [5.74, 6) is 0.0808. The Bertz CT molecular complexity index is 714. The maximum atomic E-state index is 12.1. The van der Waals surface area contributed by atoms with E-state index in [0.717, 1.165) is 36.8 Å². The number of rotatable bonds is 3. The Morgan fingerprint density at radius 2 is 2.10 bits per heavy atom. The van der Waals surface area contributed by atoms with E-state index in [-0.39, 0.29) is 12.5 Å². The number of likely N-dealkylation sites (tertiary alicyclic amines) is 1. The lowest BCUT2D eigenvalue weighted by Gasteiger charge is -2.17. The van der Waals surface area contributed by atoms with Crippen LogP contribution in [-0.2, 0) is 4.79 Å². The number of para-hydroxylation sites is 1. The molecule has 1 saturated heterocycles. The van der Waals surface area contributed by atoms with Gasteiger partial charge < -0.3 is 10.2 Å². The molecule has 5 nitrogen and oxygen atoms in total. The average Bonchev–Trinajstić information content (AvgIpc) is 3.06. The van der Waals surface area contributed by atoms with Crippen LogP contribution in [-0.4, -0.2) is 35.4 Å². The molecule has 2 heterocycles. The van der Waals surface area contributed by atoms with Crippen molar-refractivity contribution in [2.75, 3.05) is 25.0 Å². The van der Waals surface area contributed by atoms with Gasteiger partial charge in [0.2, 0.25) is 5.91 Å². The monoisotopic (exact) mass is 280 g/mol. The first-order valence-corrected chi connectivity index (χ1v) is 7.09. The Morgan fingerprint density at radius 1 is 1.33 bits per heavy atom. The summed E-state index contributed by atoms with van der Waals surface area (Å²) in [6.45, 7) is 1.88. The second-order valence-corrected chi connectivity index (χ2v) is 5.12. The molecule has 0 radical (unpaired) electrons. The van der Waals surface area contributed by atoms with Crippen molar-refractivity contribution in [2.45, 2.75) is 12.8 Å². The number of carbonyl (C=O) groups excluding carboxylic acids is 1. The molecule has 0 spiro atoms. The van der Waals surface area contributed by atoms with Crippen molar-refractivity contribution in [1.29, 1.82) is 5.26 Å². The normalized spacial score (nSPS) is 14.1. The minimum atomic E-state index is 0.0808. The Balaban J connectivity index is 1.85. The van der Waals surface area contributed by atoms with Crippen LogP contribution in [0.1, 0.15) is 18.4 Å². The number of carbonyl (C=O) groups is 1. The Morgan fingerprint density at radius 3 is 2.86 bits per heavy atom. The molecular weight excluding hydrogens is 264 g/mol. The first kappa shape index (κ1) is 13.4. The zero-order valence-corrected chi connectivity index (χ0v) is 11.7. The van der Waals surface area contributed by atoms with E-state index in [1.807, 2.05) is 29.2 Å². The third-order valence-electron chi connectivity index (χ3n) is 3.77. The smallest absolute Gasteiger partial charge is 0.241 e. The number of nitrogens with zero attached hydrogens (tertiary/aromatic N) is 3. The van der Waals surface area contributed by atoms with Crippen molar-refractivity contribution in [3.8, 4) is 6.07 Å². The van der Waals surface area contributed by atoms with Gasteiger partial charge >= 0.3 is 0 Å². The lowest BCUT2D eigenvalue weighted by molar-refractivity contribution is -0.128. The van der Waals surface area contributed by atoms with Crippen LogP contribution in [0.25, 0.3) is 10.9 Å². The minimum absolute atomic E-state index is 0.0808. The summed E-state index contributed by atoms with van der Waals surface area (Å²) in [5, 5.41) is 13.2. The predicted octanol–water partition coefficient (Wildman–Crippen LogP) is 2.14. The van der Waals surface area contributed by atoms with Crippen LogP contribution in [0, 0.1) is 11.3 Å². The fourth-order valence-corrected chi connectivity index (χ4v) is 2.66. The summed E-state index contributed by atoms with van der Waals surface area (Å²) in [5.41, 5.74) is 1.96. The van der Waals surface area contributed by atoms with Crippen molar-refractivity contribution >= 4 is 22.5 Å². The number of nitrogens with one attached hydrogen (secondary N) is 1. The zero-order valence-electron chi connectivity index (χ0n) is 11.7. The molecule has 1 aliphatic heterocycles. The Labute approximate surface area is 123 Å². The standard InChI is InChI=1S/C16H16N4O/c17-9-12-10-18-14-6-2-1-5-13(14)16(12)19-11-15(21)20-7-3-4-8-20/h1-2,5-6,10H,3-4,7-8,11H2,(H,18,19). The van der Waals surface area contributed by atoms with E-state index in [9.17, 15) is 10.1 Å². The molecule has 1 N–H and O–H groups in total. The average molecular weight is 280 g/mol.